The summed E-state index contributed by atoms with van der Waals surface area (Å²) in [5.74, 6) is 0.882. The van der Waals surface area contributed by atoms with Crippen molar-refractivity contribution in [1.82, 2.24) is 0 Å². The number of ether oxygens (including phenoxy) is 1. The Hall–Kier alpha value is -2.00. The molecule has 2 aromatic rings. The average Bonchev–Trinajstić information content (AvgIpc) is 2.50. The van der Waals surface area contributed by atoms with E-state index < -0.39 is 6.10 Å². The van der Waals surface area contributed by atoms with E-state index in [2.05, 4.69) is 31.3 Å². The first-order valence-corrected chi connectivity index (χ1v) is 8.50. The summed E-state index contributed by atoms with van der Waals surface area (Å²) in [6.07, 6.45) is -0.607. The number of amides is 1. The van der Waals surface area contributed by atoms with Gasteiger partial charge in [0.1, 0.15) is 5.75 Å². The van der Waals surface area contributed by atoms with E-state index in [0.29, 0.717) is 16.6 Å². The van der Waals surface area contributed by atoms with Crippen molar-refractivity contribution in [3.05, 3.63) is 58.1 Å². The fraction of sp³-hybridized carbons (Fsp3) is 0.350. The minimum absolute atomic E-state index is 0.203. The zero-order chi connectivity index (χ0) is 17.9. The number of benzene rings is 2. The van der Waals surface area contributed by atoms with Crippen molar-refractivity contribution in [2.24, 2.45) is 0 Å². The van der Waals surface area contributed by atoms with E-state index in [4.69, 9.17) is 16.3 Å². The summed E-state index contributed by atoms with van der Waals surface area (Å²) in [4.78, 5) is 12.4. The molecule has 0 bridgehead atoms. The maximum atomic E-state index is 12.4. The second kappa shape index (κ2) is 7.71. The Morgan fingerprint density at radius 2 is 1.79 bits per heavy atom. The number of carbonyl (C=O) groups is 1. The molecule has 1 N–H and O–H groups in total. The van der Waals surface area contributed by atoms with Crippen molar-refractivity contribution in [3.63, 3.8) is 0 Å². The van der Waals surface area contributed by atoms with Crippen LogP contribution in [0.2, 0.25) is 5.02 Å². The predicted molar refractivity (Wildman–Crippen MR) is 100 cm³/mol. The highest BCUT2D eigenvalue weighted by atomic mass is 35.5. The number of rotatable bonds is 5. The molecule has 24 heavy (non-hydrogen) atoms. The van der Waals surface area contributed by atoms with E-state index in [1.807, 2.05) is 32.0 Å². The van der Waals surface area contributed by atoms with Gasteiger partial charge in [0.05, 0.1) is 0 Å². The molecule has 1 atom stereocenters. The molecule has 0 aliphatic carbocycles. The molecule has 0 aliphatic rings. The van der Waals surface area contributed by atoms with Crippen molar-refractivity contribution < 1.29 is 9.53 Å². The first kappa shape index (κ1) is 18.3. The average molecular weight is 346 g/mol. The minimum atomic E-state index is -0.607. The van der Waals surface area contributed by atoms with Crippen molar-refractivity contribution in [2.45, 2.75) is 46.6 Å². The normalized spacial score (nSPS) is 12.1. The molecule has 0 saturated heterocycles. The summed E-state index contributed by atoms with van der Waals surface area (Å²) in [6, 6.07) is 11.5. The fourth-order valence-electron chi connectivity index (χ4n) is 2.38. The molecule has 128 valence electrons. The number of hydrogen-bond donors (Lipinski definition) is 1. The largest absolute Gasteiger partial charge is 0.481 e. The maximum Gasteiger partial charge on any atom is 0.265 e. The van der Waals surface area contributed by atoms with Gasteiger partial charge in [-0.3, -0.25) is 4.79 Å². The number of halogens is 1. The number of carbonyl (C=O) groups excluding carboxylic acids is 1. The summed E-state index contributed by atoms with van der Waals surface area (Å²) in [7, 11) is 0. The highest BCUT2D eigenvalue weighted by molar-refractivity contribution is 6.31. The second-order valence-electron chi connectivity index (χ2n) is 6.41. The van der Waals surface area contributed by atoms with Crippen LogP contribution in [0.5, 0.6) is 5.75 Å². The number of anilines is 1. The smallest absolute Gasteiger partial charge is 0.265 e. The van der Waals surface area contributed by atoms with Gasteiger partial charge in [0.2, 0.25) is 0 Å². The van der Waals surface area contributed by atoms with Crippen LogP contribution < -0.4 is 10.1 Å². The van der Waals surface area contributed by atoms with Gasteiger partial charge in [0.15, 0.2) is 6.10 Å². The van der Waals surface area contributed by atoms with Gasteiger partial charge < -0.3 is 10.1 Å². The molecule has 0 unspecified atom stereocenters. The zero-order valence-electron chi connectivity index (χ0n) is 14.8. The first-order chi connectivity index (χ1) is 11.3. The standard InChI is InChI=1S/C20H24ClNO2/c1-12(2)17-9-6-13(3)10-19(17)24-15(5)20(23)22-16-8-7-14(4)18(21)11-16/h6-12,15H,1-5H3,(H,22,23)/t15-/m1/s1. The zero-order valence-corrected chi connectivity index (χ0v) is 15.6. The molecule has 2 rings (SSSR count). The van der Waals surface area contributed by atoms with Crippen molar-refractivity contribution in [2.75, 3.05) is 5.32 Å². The van der Waals surface area contributed by atoms with Crippen molar-refractivity contribution in [1.29, 1.82) is 0 Å². The van der Waals surface area contributed by atoms with Crippen LogP contribution in [0.15, 0.2) is 36.4 Å². The van der Waals surface area contributed by atoms with Crippen LogP contribution in [0.1, 0.15) is 43.4 Å². The lowest BCUT2D eigenvalue weighted by atomic mass is 10.0. The van der Waals surface area contributed by atoms with Crippen molar-refractivity contribution in [3.8, 4) is 5.75 Å². The molecule has 0 fully saturated rings. The quantitative estimate of drug-likeness (QED) is 0.778. The Labute approximate surface area is 149 Å². The topological polar surface area (TPSA) is 38.3 Å². The lowest BCUT2D eigenvalue weighted by molar-refractivity contribution is -0.122. The van der Waals surface area contributed by atoms with Crippen molar-refractivity contribution >= 4 is 23.2 Å². The van der Waals surface area contributed by atoms with Gasteiger partial charge >= 0.3 is 0 Å². The first-order valence-electron chi connectivity index (χ1n) is 8.12. The summed E-state index contributed by atoms with van der Waals surface area (Å²) in [5.41, 5.74) is 3.84. The predicted octanol–water partition coefficient (Wildman–Crippen LogP) is 5.49. The monoisotopic (exact) mass is 345 g/mol. The van der Waals surface area contributed by atoms with E-state index >= 15 is 0 Å². The Balaban J connectivity index is 2.11. The van der Waals surface area contributed by atoms with Gasteiger partial charge in [0, 0.05) is 10.7 Å². The molecule has 0 spiro atoms. The Morgan fingerprint density at radius 1 is 1.08 bits per heavy atom. The molecular formula is C20H24ClNO2. The SMILES string of the molecule is Cc1ccc(C(C)C)c(O[C@H](C)C(=O)Nc2ccc(C)c(Cl)c2)c1. The van der Waals surface area contributed by atoms with Crippen LogP contribution >= 0.6 is 11.6 Å². The van der Waals surface area contributed by atoms with Crippen LogP contribution in [0, 0.1) is 13.8 Å². The lowest BCUT2D eigenvalue weighted by Gasteiger charge is -2.19. The van der Waals surface area contributed by atoms with E-state index in [0.717, 1.165) is 22.4 Å². The molecule has 0 aliphatic heterocycles. The van der Waals surface area contributed by atoms with Crippen LogP contribution in [0.4, 0.5) is 5.69 Å². The van der Waals surface area contributed by atoms with E-state index in [1.165, 1.54) is 0 Å². The molecule has 0 heterocycles. The molecule has 1 amide bonds. The summed E-state index contributed by atoms with van der Waals surface area (Å²) >= 11 is 6.10. The van der Waals surface area contributed by atoms with E-state index in [9.17, 15) is 4.79 Å². The maximum absolute atomic E-state index is 12.4. The lowest BCUT2D eigenvalue weighted by Crippen LogP contribution is -2.30. The van der Waals surface area contributed by atoms with Crippen LogP contribution in [0.3, 0.4) is 0 Å². The number of aryl methyl sites for hydroxylation is 2. The minimum Gasteiger partial charge on any atom is -0.481 e. The molecule has 0 aromatic heterocycles. The van der Waals surface area contributed by atoms with Crippen LogP contribution in [-0.4, -0.2) is 12.0 Å². The second-order valence-corrected chi connectivity index (χ2v) is 6.82. The molecular weight excluding hydrogens is 322 g/mol. The molecule has 0 saturated carbocycles. The van der Waals surface area contributed by atoms with Gasteiger partial charge in [-0.1, -0.05) is 43.6 Å². The van der Waals surface area contributed by atoms with Crippen LogP contribution in [0.25, 0.3) is 0 Å². The highest BCUT2D eigenvalue weighted by Gasteiger charge is 2.18. The molecule has 4 heteroatoms. The number of nitrogens with one attached hydrogen (secondary N) is 1. The van der Waals surface area contributed by atoms with Crippen LogP contribution in [-0.2, 0) is 4.79 Å². The Morgan fingerprint density at radius 3 is 2.42 bits per heavy atom. The van der Waals surface area contributed by atoms with Gasteiger partial charge in [-0.05, 0) is 61.6 Å². The third-order valence-electron chi connectivity index (χ3n) is 3.90. The summed E-state index contributed by atoms with van der Waals surface area (Å²) in [5, 5.41) is 3.47. The third kappa shape index (κ3) is 4.51. The third-order valence-corrected chi connectivity index (χ3v) is 4.31. The highest BCUT2D eigenvalue weighted by Crippen LogP contribution is 2.28. The van der Waals surface area contributed by atoms with Gasteiger partial charge in [0.25, 0.3) is 5.91 Å². The Kier molecular flexibility index (Phi) is 5.89. The van der Waals surface area contributed by atoms with Gasteiger partial charge in [-0.15, -0.1) is 0 Å². The summed E-state index contributed by atoms with van der Waals surface area (Å²) < 4.78 is 5.93. The molecule has 0 radical (unpaired) electrons. The molecule has 3 nitrogen and oxygen atoms in total. The number of hydrogen-bond acceptors (Lipinski definition) is 2. The van der Waals surface area contributed by atoms with Gasteiger partial charge in [-0.25, -0.2) is 0 Å². The fourth-order valence-corrected chi connectivity index (χ4v) is 2.56. The Bertz CT molecular complexity index is 740. The summed E-state index contributed by atoms with van der Waals surface area (Å²) in [6.45, 7) is 9.89. The molecule has 2 aromatic carbocycles. The van der Waals surface area contributed by atoms with Gasteiger partial charge in [-0.2, -0.15) is 0 Å². The van der Waals surface area contributed by atoms with E-state index in [-0.39, 0.29) is 5.91 Å². The van der Waals surface area contributed by atoms with E-state index in [1.54, 1.807) is 13.0 Å².